The molecule has 1 aliphatic rings. The van der Waals surface area contributed by atoms with Crippen LogP contribution in [-0.4, -0.2) is 18.7 Å². The Hall–Kier alpha value is -0.620. The lowest BCUT2D eigenvalue weighted by Crippen LogP contribution is -2.22. The number of hydrogen-bond donors (Lipinski definition) is 1. The molecule has 0 amide bonds. The van der Waals surface area contributed by atoms with Crippen molar-refractivity contribution in [3.8, 4) is 0 Å². The first-order chi connectivity index (χ1) is 7.49. The first-order valence-corrected chi connectivity index (χ1v) is 7.85. The maximum Gasteiger partial charge on any atom is 0.236 e. The van der Waals surface area contributed by atoms with Crippen LogP contribution in [0.15, 0.2) is 0 Å². The van der Waals surface area contributed by atoms with Crippen LogP contribution >= 0.6 is 11.3 Å². The van der Waals surface area contributed by atoms with E-state index in [9.17, 15) is 8.42 Å². The molecule has 0 spiro atoms. The fourth-order valence-corrected chi connectivity index (χ4v) is 3.58. The summed E-state index contributed by atoms with van der Waals surface area (Å²) in [5.41, 5.74) is 1.08. The van der Waals surface area contributed by atoms with Gasteiger partial charge in [0.1, 0.15) is 0 Å². The predicted octanol–water partition coefficient (Wildman–Crippen LogP) is 2.17. The van der Waals surface area contributed by atoms with Crippen molar-refractivity contribution >= 4 is 26.5 Å². The van der Waals surface area contributed by atoms with Crippen LogP contribution in [0.1, 0.15) is 37.3 Å². The molecule has 2 rings (SSSR count). The summed E-state index contributed by atoms with van der Waals surface area (Å²) in [6.45, 7) is 3.33. The number of aromatic nitrogens is 1. The Kier molecular flexibility index (Phi) is 3.21. The van der Waals surface area contributed by atoms with Crippen molar-refractivity contribution in [3.05, 3.63) is 10.6 Å². The topological polar surface area (TPSA) is 59.1 Å². The summed E-state index contributed by atoms with van der Waals surface area (Å²) in [5.74, 6) is 0. The standard InChI is InChI=1S/C10H16N2O2S2/c1-7(2)16(13,14)12-10-11-8-5-3-4-6-9(8)15-10/h7H,3-6H2,1-2H3,(H,11,12). The molecule has 1 N–H and O–H groups in total. The van der Waals surface area contributed by atoms with E-state index in [4.69, 9.17) is 0 Å². The Morgan fingerprint density at radius 1 is 1.31 bits per heavy atom. The highest BCUT2D eigenvalue weighted by Crippen LogP contribution is 2.30. The van der Waals surface area contributed by atoms with Crippen LogP contribution in [0, 0.1) is 0 Å². The zero-order chi connectivity index (χ0) is 11.8. The summed E-state index contributed by atoms with van der Waals surface area (Å²) < 4.78 is 25.9. The molecule has 0 bridgehead atoms. The van der Waals surface area contributed by atoms with E-state index in [1.807, 2.05) is 0 Å². The van der Waals surface area contributed by atoms with E-state index in [1.165, 1.54) is 22.6 Å². The van der Waals surface area contributed by atoms with Crippen LogP contribution in [-0.2, 0) is 22.9 Å². The lowest BCUT2D eigenvalue weighted by molar-refractivity contribution is 0.592. The van der Waals surface area contributed by atoms with Crippen LogP contribution < -0.4 is 4.72 Å². The number of nitrogens with one attached hydrogen (secondary N) is 1. The average Bonchev–Trinajstić information content (AvgIpc) is 2.58. The average molecular weight is 260 g/mol. The van der Waals surface area contributed by atoms with Gasteiger partial charge < -0.3 is 0 Å². The highest BCUT2D eigenvalue weighted by molar-refractivity contribution is 7.93. The van der Waals surface area contributed by atoms with Crippen molar-refractivity contribution in [1.82, 2.24) is 4.98 Å². The number of thiazole rings is 1. The van der Waals surface area contributed by atoms with Gasteiger partial charge in [0.25, 0.3) is 0 Å². The smallest absolute Gasteiger partial charge is 0.236 e. The van der Waals surface area contributed by atoms with Gasteiger partial charge in [-0.2, -0.15) is 0 Å². The summed E-state index contributed by atoms with van der Waals surface area (Å²) in [4.78, 5) is 5.59. The van der Waals surface area contributed by atoms with E-state index in [0.29, 0.717) is 5.13 Å². The lowest BCUT2D eigenvalue weighted by atomic mass is 10.0. The zero-order valence-corrected chi connectivity index (χ0v) is 11.1. The monoisotopic (exact) mass is 260 g/mol. The molecule has 1 aliphatic carbocycles. The zero-order valence-electron chi connectivity index (χ0n) is 9.49. The third-order valence-corrected chi connectivity index (χ3v) is 5.62. The molecule has 1 aromatic rings. The van der Waals surface area contributed by atoms with Crippen LogP contribution in [0.2, 0.25) is 0 Å². The third-order valence-electron chi connectivity index (χ3n) is 2.70. The maximum atomic E-state index is 11.7. The van der Waals surface area contributed by atoms with Gasteiger partial charge in [-0.1, -0.05) is 0 Å². The second-order valence-corrected chi connectivity index (χ2v) is 7.61. The lowest BCUT2D eigenvalue weighted by Gasteiger charge is -2.07. The molecule has 0 saturated carbocycles. The van der Waals surface area contributed by atoms with Gasteiger partial charge in [-0.3, -0.25) is 4.72 Å². The van der Waals surface area contributed by atoms with Crippen LogP contribution in [0.4, 0.5) is 5.13 Å². The predicted molar refractivity (Wildman–Crippen MR) is 66.4 cm³/mol. The Morgan fingerprint density at radius 2 is 2.00 bits per heavy atom. The largest absolute Gasteiger partial charge is 0.258 e. The highest BCUT2D eigenvalue weighted by Gasteiger charge is 2.20. The molecule has 0 unspecified atom stereocenters. The molecule has 0 aliphatic heterocycles. The number of hydrogen-bond acceptors (Lipinski definition) is 4. The van der Waals surface area contributed by atoms with E-state index in [-0.39, 0.29) is 0 Å². The number of aryl methyl sites for hydroxylation is 2. The number of anilines is 1. The van der Waals surface area contributed by atoms with Crippen molar-refractivity contribution in [2.45, 2.75) is 44.8 Å². The summed E-state index contributed by atoms with van der Waals surface area (Å²) in [6.07, 6.45) is 4.37. The summed E-state index contributed by atoms with van der Waals surface area (Å²) in [7, 11) is -3.25. The molecular weight excluding hydrogens is 244 g/mol. The van der Waals surface area contributed by atoms with Gasteiger partial charge >= 0.3 is 0 Å². The van der Waals surface area contributed by atoms with Crippen molar-refractivity contribution < 1.29 is 8.42 Å². The molecule has 0 atom stereocenters. The van der Waals surface area contributed by atoms with Crippen molar-refractivity contribution in [3.63, 3.8) is 0 Å². The minimum atomic E-state index is -3.25. The SMILES string of the molecule is CC(C)S(=O)(=O)Nc1nc2c(s1)CCCC2. The fourth-order valence-electron chi connectivity index (χ4n) is 1.64. The summed E-state index contributed by atoms with van der Waals surface area (Å²) >= 11 is 1.48. The summed E-state index contributed by atoms with van der Waals surface area (Å²) in [6, 6.07) is 0. The van der Waals surface area contributed by atoms with Crippen molar-refractivity contribution in [1.29, 1.82) is 0 Å². The highest BCUT2D eigenvalue weighted by atomic mass is 32.2. The summed E-state index contributed by atoms with van der Waals surface area (Å²) in [5, 5.41) is 0.106. The quantitative estimate of drug-likeness (QED) is 0.906. The molecular formula is C10H16N2O2S2. The van der Waals surface area contributed by atoms with E-state index >= 15 is 0 Å². The number of rotatable bonds is 3. The van der Waals surface area contributed by atoms with Gasteiger partial charge in [0.15, 0.2) is 5.13 Å². The molecule has 90 valence electrons. The Bertz CT molecular complexity index is 454. The van der Waals surface area contributed by atoms with E-state index in [1.54, 1.807) is 13.8 Å². The molecule has 0 saturated heterocycles. The van der Waals surface area contributed by atoms with Gasteiger partial charge in [-0.05, 0) is 39.5 Å². The molecule has 1 heterocycles. The van der Waals surface area contributed by atoms with E-state index in [2.05, 4.69) is 9.71 Å². The second kappa shape index (κ2) is 4.33. The van der Waals surface area contributed by atoms with Crippen molar-refractivity contribution in [2.24, 2.45) is 0 Å². The third kappa shape index (κ3) is 2.38. The van der Waals surface area contributed by atoms with Gasteiger partial charge in [0.05, 0.1) is 10.9 Å². The molecule has 6 heteroatoms. The maximum absolute atomic E-state index is 11.7. The van der Waals surface area contributed by atoms with Gasteiger partial charge in [0, 0.05) is 4.88 Å². The second-order valence-electron chi connectivity index (χ2n) is 4.29. The Labute approximate surface area is 100 Å². The van der Waals surface area contributed by atoms with Gasteiger partial charge in [-0.25, -0.2) is 13.4 Å². The molecule has 0 aromatic carbocycles. The van der Waals surface area contributed by atoms with Crippen LogP contribution in [0.25, 0.3) is 0 Å². The van der Waals surface area contributed by atoms with Crippen molar-refractivity contribution in [2.75, 3.05) is 4.72 Å². The Morgan fingerprint density at radius 3 is 2.62 bits per heavy atom. The van der Waals surface area contributed by atoms with Crippen LogP contribution in [0.3, 0.4) is 0 Å². The molecule has 4 nitrogen and oxygen atoms in total. The minimum absolute atomic E-state index is 0.423. The normalized spacial score (nSPS) is 16.2. The van der Waals surface area contributed by atoms with Crippen LogP contribution in [0.5, 0.6) is 0 Å². The number of nitrogens with zero attached hydrogens (tertiary/aromatic N) is 1. The molecule has 0 fully saturated rings. The number of fused-ring (bicyclic) bond motifs is 1. The molecule has 1 aromatic heterocycles. The van der Waals surface area contributed by atoms with Gasteiger partial charge in [-0.15, -0.1) is 11.3 Å². The fraction of sp³-hybridized carbons (Fsp3) is 0.700. The van der Waals surface area contributed by atoms with E-state index in [0.717, 1.165) is 25.0 Å². The van der Waals surface area contributed by atoms with E-state index < -0.39 is 15.3 Å². The molecule has 16 heavy (non-hydrogen) atoms. The Balaban J connectivity index is 2.20. The van der Waals surface area contributed by atoms with Gasteiger partial charge in [0.2, 0.25) is 10.0 Å². The minimum Gasteiger partial charge on any atom is -0.258 e. The first-order valence-electron chi connectivity index (χ1n) is 5.49. The molecule has 0 radical (unpaired) electrons. The number of sulfonamides is 1. The first kappa shape index (κ1) is 11.9.